The fourth-order valence-electron chi connectivity index (χ4n) is 1.98. The molecule has 0 unspecified atom stereocenters. The molecule has 2 aromatic carbocycles. The van der Waals surface area contributed by atoms with Crippen LogP contribution in [0, 0.1) is 11.3 Å². The minimum atomic E-state index is 0.535. The molecule has 0 fully saturated rings. The van der Waals surface area contributed by atoms with Crippen molar-refractivity contribution in [1.29, 1.82) is 5.26 Å². The fourth-order valence-corrected chi connectivity index (χ4v) is 2.76. The number of hydrogen-bond donors (Lipinski definition) is 0. The van der Waals surface area contributed by atoms with Crippen LogP contribution in [0.15, 0.2) is 52.1 Å². The van der Waals surface area contributed by atoms with Gasteiger partial charge in [-0.2, -0.15) is 5.26 Å². The van der Waals surface area contributed by atoms with E-state index < -0.39 is 0 Å². The van der Waals surface area contributed by atoms with Crippen molar-refractivity contribution in [3.05, 3.63) is 53.6 Å². The first-order valence-corrected chi connectivity index (χ1v) is 7.34. The monoisotopic (exact) mass is 296 g/mol. The van der Waals surface area contributed by atoms with Crippen molar-refractivity contribution in [2.45, 2.75) is 11.0 Å². The topological polar surface area (TPSA) is 59.1 Å². The van der Waals surface area contributed by atoms with Crippen LogP contribution in [0.1, 0.15) is 11.1 Å². The van der Waals surface area contributed by atoms with E-state index in [1.807, 2.05) is 36.4 Å². The number of nitriles is 1. The summed E-state index contributed by atoms with van der Waals surface area (Å²) in [7, 11) is 1.56. The Balaban J connectivity index is 1.77. The number of ether oxygens (including phenoxy) is 1. The minimum absolute atomic E-state index is 0.535. The Morgan fingerprint density at radius 1 is 1.29 bits per heavy atom. The zero-order valence-corrected chi connectivity index (χ0v) is 12.2. The van der Waals surface area contributed by atoms with Crippen molar-refractivity contribution in [2.75, 3.05) is 7.11 Å². The van der Waals surface area contributed by atoms with E-state index in [2.05, 4.69) is 11.1 Å². The van der Waals surface area contributed by atoms with Gasteiger partial charge in [-0.1, -0.05) is 30.0 Å². The van der Waals surface area contributed by atoms with Crippen molar-refractivity contribution >= 4 is 22.9 Å². The second-order valence-electron chi connectivity index (χ2n) is 4.38. The molecule has 3 rings (SSSR count). The zero-order chi connectivity index (χ0) is 14.7. The Morgan fingerprint density at radius 2 is 2.14 bits per heavy atom. The second-order valence-corrected chi connectivity index (χ2v) is 5.31. The third-order valence-electron chi connectivity index (χ3n) is 3.02. The summed E-state index contributed by atoms with van der Waals surface area (Å²) in [5, 5.41) is 9.61. The number of aromatic nitrogens is 1. The number of para-hydroxylation sites is 2. The maximum Gasteiger partial charge on any atom is 0.257 e. The van der Waals surface area contributed by atoms with Gasteiger partial charge in [0.25, 0.3) is 5.22 Å². The SMILES string of the molecule is COc1cc(CSc2nc3ccccc3o2)ccc1C#N. The van der Waals surface area contributed by atoms with E-state index in [-0.39, 0.29) is 0 Å². The summed E-state index contributed by atoms with van der Waals surface area (Å²) in [5.41, 5.74) is 3.24. The summed E-state index contributed by atoms with van der Waals surface area (Å²) < 4.78 is 10.9. The highest BCUT2D eigenvalue weighted by molar-refractivity contribution is 7.98. The molecule has 104 valence electrons. The Kier molecular flexibility index (Phi) is 3.80. The standard InChI is InChI=1S/C16H12N2O2S/c1-19-15-8-11(6-7-12(15)9-17)10-21-16-18-13-4-2-3-5-14(13)20-16/h2-8H,10H2,1H3. The van der Waals surface area contributed by atoms with Crippen LogP contribution in [0.25, 0.3) is 11.1 Å². The molecule has 0 atom stereocenters. The van der Waals surface area contributed by atoms with Crippen molar-refractivity contribution < 1.29 is 9.15 Å². The number of oxazole rings is 1. The van der Waals surface area contributed by atoms with Gasteiger partial charge in [0, 0.05) is 5.75 Å². The Labute approximate surface area is 126 Å². The number of benzene rings is 2. The Morgan fingerprint density at radius 3 is 2.90 bits per heavy atom. The van der Waals surface area contributed by atoms with Gasteiger partial charge in [-0.25, -0.2) is 4.98 Å². The molecule has 0 amide bonds. The smallest absolute Gasteiger partial charge is 0.257 e. The Hall–Kier alpha value is -2.45. The summed E-state index contributed by atoms with van der Waals surface area (Å²) >= 11 is 1.52. The molecule has 4 nitrogen and oxygen atoms in total. The molecular weight excluding hydrogens is 284 g/mol. The summed E-state index contributed by atoms with van der Waals surface area (Å²) in [6, 6.07) is 15.3. The van der Waals surface area contributed by atoms with Gasteiger partial charge in [-0.3, -0.25) is 0 Å². The number of hydrogen-bond acceptors (Lipinski definition) is 5. The minimum Gasteiger partial charge on any atom is -0.495 e. The van der Waals surface area contributed by atoms with Crippen LogP contribution in [0.3, 0.4) is 0 Å². The molecule has 0 spiro atoms. The van der Waals surface area contributed by atoms with Gasteiger partial charge in [0.1, 0.15) is 17.3 Å². The molecule has 0 saturated carbocycles. The van der Waals surface area contributed by atoms with Gasteiger partial charge in [0.2, 0.25) is 0 Å². The fraction of sp³-hybridized carbons (Fsp3) is 0.125. The second kappa shape index (κ2) is 5.90. The number of thioether (sulfide) groups is 1. The lowest BCUT2D eigenvalue weighted by atomic mass is 10.1. The molecule has 0 radical (unpaired) electrons. The van der Waals surface area contributed by atoms with E-state index in [1.54, 1.807) is 13.2 Å². The van der Waals surface area contributed by atoms with Crippen LogP contribution in [-0.4, -0.2) is 12.1 Å². The molecule has 1 heterocycles. The van der Waals surface area contributed by atoms with E-state index in [0.29, 0.717) is 22.3 Å². The van der Waals surface area contributed by atoms with Gasteiger partial charge in [-0.05, 0) is 29.8 Å². The van der Waals surface area contributed by atoms with Crippen LogP contribution < -0.4 is 4.74 Å². The van der Waals surface area contributed by atoms with Crippen LogP contribution in [0.4, 0.5) is 0 Å². The van der Waals surface area contributed by atoms with Crippen LogP contribution in [0.2, 0.25) is 0 Å². The van der Waals surface area contributed by atoms with Crippen molar-refractivity contribution in [3.63, 3.8) is 0 Å². The predicted octanol–water partition coefficient (Wildman–Crippen LogP) is 4.00. The third kappa shape index (κ3) is 2.86. The van der Waals surface area contributed by atoms with Gasteiger partial charge < -0.3 is 9.15 Å². The molecule has 5 heteroatoms. The summed E-state index contributed by atoms with van der Waals surface area (Å²) in [6.45, 7) is 0. The lowest BCUT2D eigenvalue weighted by molar-refractivity contribution is 0.413. The lowest BCUT2D eigenvalue weighted by Gasteiger charge is -2.05. The van der Waals surface area contributed by atoms with Crippen LogP contribution in [0.5, 0.6) is 5.75 Å². The average molecular weight is 296 g/mol. The molecule has 0 saturated heterocycles. The molecule has 3 aromatic rings. The number of methoxy groups -OCH3 is 1. The first-order chi connectivity index (χ1) is 10.3. The van der Waals surface area contributed by atoms with E-state index >= 15 is 0 Å². The first-order valence-electron chi connectivity index (χ1n) is 6.35. The maximum absolute atomic E-state index is 8.97. The van der Waals surface area contributed by atoms with Gasteiger partial charge in [0.05, 0.1) is 12.7 Å². The highest BCUT2D eigenvalue weighted by atomic mass is 32.2. The van der Waals surface area contributed by atoms with Crippen LogP contribution >= 0.6 is 11.8 Å². The molecule has 0 aliphatic carbocycles. The van der Waals surface area contributed by atoms with E-state index in [4.69, 9.17) is 14.4 Å². The third-order valence-corrected chi connectivity index (χ3v) is 3.92. The molecule has 21 heavy (non-hydrogen) atoms. The quantitative estimate of drug-likeness (QED) is 0.681. The van der Waals surface area contributed by atoms with Gasteiger partial charge >= 0.3 is 0 Å². The summed E-state index contributed by atoms with van der Waals surface area (Å²) in [4.78, 5) is 4.42. The molecule has 0 N–H and O–H groups in total. The summed E-state index contributed by atoms with van der Waals surface area (Å²) in [5.74, 6) is 1.29. The molecule has 1 aromatic heterocycles. The largest absolute Gasteiger partial charge is 0.495 e. The highest BCUT2D eigenvalue weighted by Crippen LogP contribution is 2.28. The van der Waals surface area contributed by atoms with Crippen molar-refractivity contribution in [1.82, 2.24) is 4.98 Å². The number of rotatable bonds is 4. The zero-order valence-electron chi connectivity index (χ0n) is 11.4. The van der Waals surface area contributed by atoms with E-state index in [0.717, 1.165) is 16.7 Å². The van der Waals surface area contributed by atoms with Crippen molar-refractivity contribution in [3.8, 4) is 11.8 Å². The van der Waals surface area contributed by atoms with E-state index in [9.17, 15) is 0 Å². The van der Waals surface area contributed by atoms with Gasteiger partial charge in [0.15, 0.2) is 5.58 Å². The first kappa shape index (κ1) is 13.5. The Bertz CT molecular complexity index is 788. The molecule has 0 bridgehead atoms. The molecule has 0 aliphatic heterocycles. The molecule has 0 aliphatic rings. The number of fused-ring (bicyclic) bond motifs is 1. The van der Waals surface area contributed by atoms with Gasteiger partial charge in [-0.15, -0.1) is 0 Å². The highest BCUT2D eigenvalue weighted by Gasteiger charge is 2.08. The van der Waals surface area contributed by atoms with Crippen molar-refractivity contribution in [2.24, 2.45) is 0 Å². The molecular formula is C16H12N2O2S. The van der Waals surface area contributed by atoms with Crippen LogP contribution in [-0.2, 0) is 5.75 Å². The maximum atomic E-state index is 8.97. The predicted molar refractivity (Wildman–Crippen MR) is 81.3 cm³/mol. The normalized spacial score (nSPS) is 10.5. The number of nitrogens with zero attached hydrogens (tertiary/aromatic N) is 2. The van der Waals surface area contributed by atoms with E-state index in [1.165, 1.54) is 11.8 Å². The average Bonchev–Trinajstić information content (AvgIpc) is 2.95. The lowest BCUT2D eigenvalue weighted by Crippen LogP contribution is -1.90. The summed E-state index contributed by atoms with van der Waals surface area (Å²) in [6.07, 6.45) is 0.